The molecular formula is C19H33ClN4OS. The lowest BCUT2D eigenvalue weighted by Gasteiger charge is -2.32. The largest absolute Gasteiger partial charge is 0.354 e. The van der Waals surface area contributed by atoms with Gasteiger partial charge in [0.2, 0.25) is 5.91 Å². The first-order chi connectivity index (χ1) is 11.9. The molecule has 0 radical (unpaired) electrons. The van der Waals surface area contributed by atoms with Crippen LogP contribution in [0.1, 0.15) is 57.2 Å². The summed E-state index contributed by atoms with van der Waals surface area (Å²) in [6.07, 6.45) is 4.50. The molecule has 2 aliphatic heterocycles. The van der Waals surface area contributed by atoms with Crippen LogP contribution >= 0.6 is 23.7 Å². The van der Waals surface area contributed by atoms with Gasteiger partial charge < -0.3 is 10.6 Å². The van der Waals surface area contributed by atoms with Gasteiger partial charge in [0.15, 0.2) is 0 Å². The van der Waals surface area contributed by atoms with E-state index in [1.165, 1.54) is 23.5 Å². The third kappa shape index (κ3) is 5.91. The molecular weight excluding hydrogens is 368 g/mol. The fourth-order valence-corrected chi connectivity index (χ4v) is 4.59. The number of rotatable bonds is 5. The van der Waals surface area contributed by atoms with E-state index in [9.17, 15) is 4.79 Å². The zero-order valence-corrected chi connectivity index (χ0v) is 17.8. The minimum absolute atomic E-state index is 0. The van der Waals surface area contributed by atoms with Crippen molar-refractivity contribution in [3.8, 4) is 0 Å². The topological polar surface area (TPSA) is 57.3 Å². The van der Waals surface area contributed by atoms with E-state index in [0.29, 0.717) is 5.92 Å². The predicted molar refractivity (Wildman–Crippen MR) is 110 cm³/mol. The first kappa shape index (κ1) is 21.6. The highest BCUT2D eigenvalue weighted by Crippen LogP contribution is 2.26. The highest BCUT2D eigenvalue weighted by molar-refractivity contribution is 7.09. The SMILES string of the molecule is CC(C)(C)c1nc(CN2CCCC(CNC(=O)C3CCCN3)C2)cs1.Cl. The van der Waals surface area contributed by atoms with Gasteiger partial charge >= 0.3 is 0 Å². The fraction of sp³-hybridized carbons (Fsp3) is 0.789. The fourth-order valence-electron chi connectivity index (χ4n) is 3.69. The van der Waals surface area contributed by atoms with E-state index in [4.69, 9.17) is 4.98 Å². The predicted octanol–water partition coefficient (Wildman–Crippen LogP) is 2.94. The number of hydrogen-bond acceptors (Lipinski definition) is 5. The Morgan fingerprint density at radius 1 is 1.38 bits per heavy atom. The normalized spacial score (nSPS) is 24.3. The Balaban J connectivity index is 0.00000243. The maximum Gasteiger partial charge on any atom is 0.237 e. The molecule has 26 heavy (non-hydrogen) atoms. The Morgan fingerprint density at radius 3 is 2.85 bits per heavy atom. The van der Waals surface area contributed by atoms with Crippen LogP contribution in [-0.4, -0.2) is 48.0 Å². The number of carbonyl (C=O) groups excluding carboxylic acids is 1. The van der Waals surface area contributed by atoms with Gasteiger partial charge in [0.1, 0.15) is 0 Å². The molecule has 2 aliphatic rings. The lowest BCUT2D eigenvalue weighted by molar-refractivity contribution is -0.123. The molecule has 0 spiro atoms. The van der Waals surface area contributed by atoms with Crippen LogP contribution in [0.2, 0.25) is 0 Å². The summed E-state index contributed by atoms with van der Waals surface area (Å²) in [5, 5.41) is 9.85. The summed E-state index contributed by atoms with van der Waals surface area (Å²) in [6, 6.07) is 0.0329. The van der Waals surface area contributed by atoms with Crippen molar-refractivity contribution in [2.75, 3.05) is 26.2 Å². The number of halogens is 1. The van der Waals surface area contributed by atoms with Crippen LogP contribution in [0.3, 0.4) is 0 Å². The van der Waals surface area contributed by atoms with Crippen molar-refractivity contribution in [1.82, 2.24) is 20.5 Å². The van der Waals surface area contributed by atoms with Crippen molar-refractivity contribution in [1.29, 1.82) is 0 Å². The molecule has 1 aromatic heterocycles. The van der Waals surface area contributed by atoms with Gasteiger partial charge in [-0.2, -0.15) is 0 Å². The monoisotopic (exact) mass is 400 g/mol. The molecule has 2 saturated heterocycles. The molecule has 1 amide bonds. The number of amides is 1. The average molecular weight is 401 g/mol. The van der Waals surface area contributed by atoms with E-state index in [0.717, 1.165) is 45.6 Å². The number of piperidine rings is 1. The summed E-state index contributed by atoms with van der Waals surface area (Å²) >= 11 is 1.77. The van der Waals surface area contributed by atoms with Crippen molar-refractivity contribution in [3.63, 3.8) is 0 Å². The van der Waals surface area contributed by atoms with Gasteiger partial charge in [-0.3, -0.25) is 9.69 Å². The van der Waals surface area contributed by atoms with Gasteiger partial charge in [0.05, 0.1) is 16.7 Å². The molecule has 2 fully saturated rings. The van der Waals surface area contributed by atoms with Crippen molar-refractivity contribution < 1.29 is 4.79 Å². The van der Waals surface area contributed by atoms with Gasteiger partial charge in [-0.15, -0.1) is 23.7 Å². The first-order valence-electron chi connectivity index (χ1n) is 9.60. The first-order valence-corrected chi connectivity index (χ1v) is 10.5. The standard InChI is InChI=1S/C19H32N4OS.ClH/c1-19(2,3)18-22-15(13-25-18)12-23-9-5-6-14(11-23)10-21-17(24)16-7-4-8-20-16;/h13-14,16,20H,4-12H2,1-3H3,(H,21,24);1H. The molecule has 0 aromatic carbocycles. The summed E-state index contributed by atoms with van der Waals surface area (Å²) in [4.78, 5) is 19.5. The van der Waals surface area contributed by atoms with E-state index < -0.39 is 0 Å². The highest BCUT2D eigenvalue weighted by atomic mass is 35.5. The Bertz CT molecular complexity index is 580. The van der Waals surface area contributed by atoms with Crippen molar-refractivity contribution in [2.45, 2.75) is 64.5 Å². The minimum atomic E-state index is 0. The van der Waals surface area contributed by atoms with Crippen LogP contribution in [-0.2, 0) is 16.8 Å². The van der Waals surface area contributed by atoms with Gasteiger partial charge in [-0.1, -0.05) is 20.8 Å². The highest BCUT2D eigenvalue weighted by Gasteiger charge is 2.25. The number of thiazole rings is 1. The Morgan fingerprint density at radius 2 is 2.19 bits per heavy atom. The van der Waals surface area contributed by atoms with E-state index in [-0.39, 0.29) is 29.8 Å². The molecule has 0 aliphatic carbocycles. The molecule has 1 aromatic rings. The second-order valence-corrected chi connectivity index (χ2v) is 9.39. The number of aromatic nitrogens is 1. The number of nitrogens with one attached hydrogen (secondary N) is 2. The summed E-state index contributed by atoms with van der Waals surface area (Å²) < 4.78 is 0. The number of carbonyl (C=O) groups is 1. The lowest BCUT2D eigenvalue weighted by Crippen LogP contribution is -2.45. The van der Waals surface area contributed by atoms with Crippen LogP contribution in [0.25, 0.3) is 0 Å². The third-order valence-electron chi connectivity index (χ3n) is 5.12. The third-order valence-corrected chi connectivity index (χ3v) is 6.44. The molecule has 3 heterocycles. The van der Waals surface area contributed by atoms with Gasteiger partial charge in [-0.05, 0) is 44.7 Å². The van der Waals surface area contributed by atoms with E-state index >= 15 is 0 Å². The molecule has 0 bridgehead atoms. The molecule has 148 valence electrons. The van der Waals surface area contributed by atoms with E-state index in [1.807, 2.05) is 0 Å². The molecule has 5 nitrogen and oxygen atoms in total. The van der Waals surface area contributed by atoms with Crippen molar-refractivity contribution in [3.05, 3.63) is 16.1 Å². The second-order valence-electron chi connectivity index (χ2n) is 8.53. The lowest BCUT2D eigenvalue weighted by atomic mass is 9.97. The molecule has 7 heteroatoms. The Labute approximate surface area is 167 Å². The Kier molecular flexibility index (Phi) is 7.89. The minimum Gasteiger partial charge on any atom is -0.354 e. The van der Waals surface area contributed by atoms with Crippen molar-refractivity contribution in [2.24, 2.45) is 5.92 Å². The molecule has 2 N–H and O–H groups in total. The summed E-state index contributed by atoms with van der Waals surface area (Å²) in [5.74, 6) is 0.740. The average Bonchev–Trinajstić information content (AvgIpc) is 3.24. The van der Waals surface area contributed by atoms with Crippen LogP contribution in [0, 0.1) is 5.92 Å². The zero-order chi connectivity index (χ0) is 17.9. The maximum absolute atomic E-state index is 12.2. The Hall–Kier alpha value is -0.690. The van der Waals surface area contributed by atoms with Gasteiger partial charge in [-0.25, -0.2) is 4.98 Å². The maximum atomic E-state index is 12.2. The zero-order valence-electron chi connectivity index (χ0n) is 16.2. The number of likely N-dealkylation sites (tertiary alicyclic amines) is 1. The van der Waals surface area contributed by atoms with Crippen LogP contribution in [0.5, 0.6) is 0 Å². The number of hydrogen-bond donors (Lipinski definition) is 2. The second kappa shape index (κ2) is 9.49. The van der Waals surface area contributed by atoms with Crippen molar-refractivity contribution >= 4 is 29.7 Å². The van der Waals surface area contributed by atoms with E-state index in [2.05, 4.69) is 41.7 Å². The van der Waals surface area contributed by atoms with Gasteiger partial charge in [0, 0.05) is 30.4 Å². The van der Waals surface area contributed by atoms with E-state index in [1.54, 1.807) is 11.3 Å². The summed E-state index contributed by atoms with van der Waals surface area (Å²) in [7, 11) is 0. The van der Waals surface area contributed by atoms with Crippen LogP contribution in [0.15, 0.2) is 5.38 Å². The molecule has 2 atom stereocenters. The quantitative estimate of drug-likeness (QED) is 0.797. The van der Waals surface area contributed by atoms with Crippen LogP contribution < -0.4 is 10.6 Å². The number of nitrogens with zero attached hydrogens (tertiary/aromatic N) is 2. The summed E-state index contributed by atoms with van der Waals surface area (Å²) in [5.41, 5.74) is 1.32. The molecule has 2 unspecified atom stereocenters. The summed E-state index contributed by atoms with van der Waals surface area (Å²) in [6.45, 7) is 11.5. The van der Waals surface area contributed by atoms with Gasteiger partial charge in [0.25, 0.3) is 0 Å². The smallest absolute Gasteiger partial charge is 0.237 e. The molecule has 3 rings (SSSR count). The molecule has 0 saturated carbocycles. The van der Waals surface area contributed by atoms with Crippen LogP contribution in [0.4, 0.5) is 0 Å².